The largest absolute Gasteiger partial charge is 0.299 e. The number of hydrogen-bond acceptors (Lipinski definition) is 7. The number of carbonyl (C=O) groups is 1. The fourth-order valence-electron chi connectivity index (χ4n) is 3.08. The average molecular weight is 444 g/mol. The molecule has 1 fully saturated rings. The minimum Gasteiger partial charge on any atom is -0.299 e. The zero-order chi connectivity index (χ0) is 21.3. The molecule has 1 saturated carbocycles. The van der Waals surface area contributed by atoms with Crippen LogP contribution in [0.2, 0.25) is 0 Å². The van der Waals surface area contributed by atoms with Crippen molar-refractivity contribution >= 4 is 33.3 Å². The number of nitrogens with zero attached hydrogens (tertiary/aromatic N) is 4. The van der Waals surface area contributed by atoms with E-state index in [0.717, 1.165) is 35.6 Å². The summed E-state index contributed by atoms with van der Waals surface area (Å²) in [5.74, 6) is 0.736. The highest BCUT2D eigenvalue weighted by molar-refractivity contribution is 8.00. The van der Waals surface area contributed by atoms with Crippen LogP contribution in [0, 0.1) is 0 Å². The number of sulfonamides is 1. The predicted molar refractivity (Wildman–Crippen MR) is 116 cm³/mol. The molecule has 0 aliphatic heterocycles. The number of pyridine rings is 1. The number of thioether (sulfide) groups is 1. The molecule has 0 radical (unpaired) electrons. The minimum atomic E-state index is -3.36. The number of nitrogens with one attached hydrogen (secondary N) is 1. The highest BCUT2D eigenvalue weighted by atomic mass is 32.2. The van der Waals surface area contributed by atoms with Crippen molar-refractivity contribution in [3.63, 3.8) is 0 Å². The maximum atomic E-state index is 12.9. The first-order chi connectivity index (χ1) is 14.3. The lowest BCUT2D eigenvalue weighted by Gasteiger charge is -2.13. The number of anilines is 1. The third kappa shape index (κ3) is 4.71. The third-order valence-electron chi connectivity index (χ3n) is 4.64. The van der Waals surface area contributed by atoms with Gasteiger partial charge in [-0.2, -0.15) is 0 Å². The van der Waals surface area contributed by atoms with Gasteiger partial charge in [-0.15, -0.1) is 10.2 Å². The number of carbonyl (C=O) groups excluding carboxylic acids is 1. The zero-order valence-electron chi connectivity index (χ0n) is 16.5. The number of hydrogen-bond donors (Lipinski definition) is 1. The lowest BCUT2D eigenvalue weighted by molar-refractivity contribution is 0.0994. The molecule has 30 heavy (non-hydrogen) atoms. The normalized spacial score (nSPS) is 15.0. The first kappa shape index (κ1) is 20.5. The van der Waals surface area contributed by atoms with Crippen molar-refractivity contribution in [1.29, 1.82) is 0 Å². The summed E-state index contributed by atoms with van der Waals surface area (Å²) in [4.78, 5) is 16.9. The molecule has 0 amide bonds. The van der Waals surface area contributed by atoms with E-state index in [2.05, 4.69) is 24.5 Å². The van der Waals surface area contributed by atoms with Gasteiger partial charge in [-0.25, -0.2) is 8.42 Å². The van der Waals surface area contributed by atoms with Gasteiger partial charge >= 0.3 is 0 Å². The van der Waals surface area contributed by atoms with E-state index < -0.39 is 10.0 Å². The Kier molecular flexibility index (Phi) is 5.61. The lowest BCUT2D eigenvalue weighted by atomic mass is 10.1. The number of ketones is 1. The average Bonchev–Trinajstić information content (AvgIpc) is 3.47. The van der Waals surface area contributed by atoms with Crippen LogP contribution in [0.3, 0.4) is 0 Å². The molecular formula is C20H21N5O3S2. The van der Waals surface area contributed by atoms with Crippen LogP contribution < -0.4 is 4.72 Å². The van der Waals surface area contributed by atoms with Crippen molar-refractivity contribution in [1.82, 2.24) is 19.7 Å². The quantitative estimate of drug-likeness (QED) is 0.420. The molecule has 0 spiro atoms. The van der Waals surface area contributed by atoms with Gasteiger partial charge in [0.25, 0.3) is 0 Å². The van der Waals surface area contributed by atoms with Gasteiger partial charge in [0, 0.05) is 35.2 Å². The number of rotatable bonds is 8. The first-order valence-electron chi connectivity index (χ1n) is 9.46. The molecule has 3 aromatic rings. The second-order valence-electron chi connectivity index (χ2n) is 7.22. The summed E-state index contributed by atoms with van der Waals surface area (Å²) in [6.45, 7) is 1.84. The van der Waals surface area contributed by atoms with Crippen molar-refractivity contribution < 1.29 is 13.2 Å². The predicted octanol–water partition coefficient (Wildman–Crippen LogP) is 3.41. The van der Waals surface area contributed by atoms with E-state index in [1.165, 1.54) is 11.8 Å². The van der Waals surface area contributed by atoms with Crippen LogP contribution in [-0.4, -0.2) is 45.5 Å². The summed E-state index contributed by atoms with van der Waals surface area (Å²) in [6, 6.07) is 10.6. The molecular weight excluding hydrogens is 422 g/mol. The molecule has 0 saturated heterocycles. The van der Waals surface area contributed by atoms with Crippen molar-refractivity contribution in [2.24, 2.45) is 0 Å². The zero-order valence-corrected chi connectivity index (χ0v) is 18.2. The molecule has 1 aromatic carbocycles. The Hall–Kier alpha value is -2.72. The molecule has 1 aliphatic carbocycles. The fourth-order valence-corrected chi connectivity index (χ4v) is 4.64. The highest BCUT2D eigenvalue weighted by Gasteiger charge is 2.31. The molecule has 10 heteroatoms. The van der Waals surface area contributed by atoms with Crippen LogP contribution in [0.5, 0.6) is 0 Å². The van der Waals surface area contributed by atoms with Crippen LogP contribution >= 0.6 is 11.8 Å². The van der Waals surface area contributed by atoms with Crippen LogP contribution in [0.4, 0.5) is 5.69 Å². The lowest BCUT2D eigenvalue weighted by Crippen LogP contribution is -2.15. The van der Waals surface area contributed by atoms with Crippen LogP contribution in [0.15, 0.2) is 53.9 Å². The van der Waals surface area contributed by atoms with E-state index in [4.69, 9.17) is 0 Å². The van der Waals surface area contributed by atoms with Gasteiger partial charge in [-0.1, -0.05) is 11.8 Å². The SMILES string of the molecule is CC(Sc1nnc(-c2ccncc2)n1C1CC1)C(=O)c1ccc(NS(C)(=O)=O)cc1. The van der Waals surface area contributed by atoms with E-state index in [-0.39, 0.29) is 11.0 Å². The molecule has 2 heterocycles. The first-order valence-corrected chi connectivity index (χ1v) is 12.2. The van der Waals surface area contributed by atoms with Crippen molar-refractivity contribution in [2.75, 3.05) is 11.0 Å². The molecule has 4 rings (SSSR count). The monoisotopic (exact) mass is 443 g/mol. The Morgan fingerprint density at radius 3 is 2.40 bits per heavy atom. The maximum Gasteiger partial charge on any atom is 0.229 e. The van der Waals surface area contributed by atoms with Gasteiger partial charge in [-0.3, -0.25) is 19.1 Å². The van der Waals surface area contributed by atoms with E-state index in [0.29, 0.717) is 17.3 Å². The molecule has 0 bridgehead atoms. The molecule has 156 valence electrons. The smallest absolute Gasteiger partial charge is 0.229 e. The standard InChI is InChI=1S/C20H21N5O3S2/c1-13(18(26)14-3-5-16(6-4-14)24-30(2,27)28)29-20-23-22-19(25(20)17-7-8-17)15-9-11-21-12-10-15/h3-6,9-13,17,24H,7-8H2,1-2H3. The van der Waals surface area contributed by atoms with Crippen LogP contribution in [0.1, 0.15) is 36.2 Å². The van der Waals surface area contributed by atoms with Gasteiger partial charge in [0.05, 0.1) is 11.5 Å². The second kappa shape index (κ2) is 8.19. The summed E-state index contributed by atoms with van der Waals surface area (Å²) < 4.78 is 27.2. The van der Waals surface area contributed by atoms with Crippen molar-refractivity contribution in [3.05, 3.63) is 54.4 Å². The molecule has 1 atom stereocenters. The molecule has 2 aromatic heterocycles. The highest BCUT2D eigenvalue weighted by Crippen LogP contribution is 2.41. The summed E-state index contributed by atoms with van der Waals surface area (Å²) in [6.07, 6.45) is 6.67. The number of Topliss-reactive ketones (excluding diaryl/α,β-unsaturated/α-hetero) is 1. The topological polar surface area (TPSA) is 107 Å². The molecule has 8 nitrogen and oxygen atoms in total. The van der Waals surface area contributed by atoms with Crippen LogP contribution in [0.25, 0.3) is 11.4 Å². The molecule has 1 aliphatic rings. The van der Waals surface area contributed by atoms with E-state index in [1.54, 1.807) is 36.7 Å². The van der Waals surface area contributed by atoms with E-state index in [1.807, 2.05) is 19.1 Å². The van der Waals surface area contributed by atoms with Crippen LogP contribution in [-0.2, 0) is 10.0 Å². The summed E-state index contributed by atoms with van der Waals surface area (Å²) in [5, 5.41) is 9.07. The minimum absolute atomic E-state index is 0.0540. The Morgan fingerprint density at radius 1 is 1.13 bits per heavy atom. The van der Waals surface area contributed by atoms with Gasteiger partial charge < -0.3 is 0 Å². The second-order valence-corrected chi connectivity index (χ2v) is 10.3. The van der Waals surface area contributed by atoms with Gasteiger partial charge in [0.2, 0.25) is 10.0 Å². The Balaban J connectivity index is 1.52. The van der Waals surface area contributed by atoms with Crippen molar-refractivity contribution in [3.8, 4) is 11.4 Å². The van der Waals surface area contributed by atoms with Gasteiger partial charge in [0.15, 0.2) is 16.8 Å². The Morgan fingerprint density at radius 2 is 1.80 bits per heavy atom. The van der Waals surface area contributed by atoms with Gasteiger partial charge in [-0.05, 0) is 56.2 Å². The van der Waals surface area contributed by atoms with E-state index in [9.17, 15) is 13.2 Å². The molecule has 1 unspecified atom stereocenters. The fraction of sp³-hybridized carbons (Fsp3) is 0.300. The van der Waals surface area contributed by atoms with E-state index >= 15 is 0 Å². The van der Waals surface area contributed by atoms with Gasteiger partial charge in [0.1, 0.15) is 0 Å². The maximum absolute atomic E-state index is 12.9. The van der Waals surface area contributed by atoms with Crippen molar-refractivity contribution in [2.45, 2.75) is 36.2 Å². The summed E-state index contributed by atoms with van der Waals surface area (Å²) in [7, 11) is -3.36. The summed E-state index contributed by atoms with van der Waals surface area (Å²) >= 11 is 1.38. The third-order valence-corrected chi connectivity index (χ3v) is 6.30. The number of benzene rings is 1. The Labute approximate surface area is 179 Å². The number of aromatic nitrogens is 4. The summed E-state index contributed by atoms with van der Waals surface area (Å²) in [5.41, 5.74) is 1.88. The Bertz CT molecular complexity index is 1160. The molecule has 1 N–H and O–H groups in total.